The van der Waals surface area contributed by atoms with Crippen LogP contribution in [0.2, 0.25) is 5.02 Å². The molecule has 122 valence electrons. The summed E-state index contributed by atoms with van der Waals surface area (Å²) < 4.78 is 1.65. The van der Waals surface area contributed by atoms with Gasteiger partial charge in [-0.1, -0.05) is 23.7 Å². The first-order valence-corrected chi connectivity index (χ1v) is 8.34. The maximum Gasteiger partial charge on any atom is 0.222 e. The van der Waals surface area contributed by atoms with E-state index in [-0.39, 0.29) is 5.91 Å². The number of rotatable bonds is 5. The van der Waals surface area contributed by atoms with Gasteiger partial charge in [-0.05, 0) is 47.4 Å². The van der Waals surface area contributed by atoms with Crippen LogP contribution >= 0.6 is 11.6 Å². The van der Waals surface area contributed by atoms with E-state index in [4.69, 9.17) is 11.6 Å². The molecular weight excluding hydrogens is 314 g/mol. The number of nitrogens with zero attached hydrogens (tertiary/aromatic N) is 5. The van der Waals surface area contributed by atoms with Crippen molar-refractivity contribution in [3.05, 3.63) is 41.2 Å². The lowest BCUT2D eigenvalue weighted by Gasteiger charge is -2.33. The van der Waals surface area contributed by atoms with Crippen LogP contribution in [0, 0.1) is 0 Å². The molecule has 0 saturated carbocycles. The number of tetrazole rings is 1. The first kappa shape index (κ1) is 15.9. The zero-order chi connectivity index (χ0) is 16.1. The second-order valence-electron chi connectivity index (χ2n) is 5.91. The van der Waals surface area contributed by atoms with Crippen LogP contribution in [0.4, 0.5) is 0 Å². The summed E-state index contributed by atoms with van der Waals surface area (Å²) in [6, 6.07) is 7.98. The molecule has 6 nitrogen and oxygen atoms in total. The van der Waals surface area contributed by atoms with Crippen molar-refractivity contribution in [2.45, 2.75) is 38.1 Å². The SMILES string of the molecule is O=C(CCCn1cnnn1)N1CCC[C@H](c2ccc(Cl)cc2)C1. The fourth-order valence-corrected chi connectivity index (χ4v) is 3.17. The van der Waals surface area contributed by atoms with Crippen LogP contribution in [0.15, 0.2) is 30.6 Å². The van der Waals surface area contributed by atoms with E-state index in [2.05, 4.69) is 27.7 Å². The van der Waals surface area contributed by atoms with Gasteiger partial charge >= 0.3 is 0 Å². The van der Waals surface area contributed by atoms with Gasteiger partial charge in [0.05, 0.1) is 0 Å². The number of carbonyl (C=O) groups is 1. The monoisotopic (exact) mass is 333 g/mol. The molecule has 1 fully saturated rings. The van der Waals surface area contributed by atoms with E-state index >= 15 is 0 Å². The third-order valence-electron chi connectivity index (χ3n) is 4.28. The molecule has 0 N–H and O–H groups in total. The van der Waals surface area contributed by atoms with Crippen LogP contribution in [0.3, 0.4) is 0 Å². The molecular formula is C16H20ClN5O. The van der Waals surface area contributed by atoms with Gasteiger partial charge in [-0.25, -0.2) is 4.68 Å². The van der Waals surface area contributed by atoms with Gasteiger partial charge in [-0.2, -0.15) is 0 Å². The van der Waals surface area contributed by atoms with E-state index in [1.807, 2.05) is 17.0 Å². The number of aromatic nitrogens is 4. The molecule has 0 unspecified atom stereocenters. The molecule has 2 aromatic rings. The summed E-state index contributed by atoms with van der Waals surface area (Å²) in [6.45, 7) is 2.33. The molecule has 1 atom stereocenters. The van der Waals surface area contributed by atoms with Crippen molar-refractivity contribution in [2.24, 2.45) is 0 Å². The summed E-state index contributed by atoms with van der Waals surface area (Å²) in [5.74, 6) is 0.626. The largest absolute Gasteiger partial charge is 0.342 e. The Morgan fingerprint density at radius 3 is 2.87 bits per heavy atom. The van der Waals surface area contributed by atoms with E-state index in [0.717, 1.165) is 37.4 Å². The average molecular weight is 334 g/mol. The van der Waals surface area contributed by atoms with Crippen molar-refractivity contribution in [2.75, 3.05) is 13.1 Å². The van der Waals surface area contributed by atoms with Crippen LogP contribution < -0.4 is 0 Å². The third-order valence-corrected chi connectivity index (χ3v) is 4.54. The van der Waals surface area contributed by atoms with Crippen molar-refractivity contribution in [1.82, 2.24) is 25.1 Å². The minimum Gasteiger partial charge on any atom is -0.342 e. The van der Waals surface area contributed by atoms with Gasteiger partial charge in [0.25, 0.3) is 0 Å². The summed E-state index contributed by atoms with van der Waals surface area (Å²) in [6.07, 6.45) is 5.03. The number of piperidine rings is 1. The van der Waals surface area contributed by atoms with Crippen molar-refractivity contribution >= 4 is 17.5 Å². The third kappa shape index (κ3) is 4.28. The molecule has 7 heteroatoms. The molecule has 1 aromatic carbocycles. The summed E-state index contributed by atoms with van der Waals surface area (Å²) in [5, 5.41) is 11.7. The Bertz CT molecular complexity index is 628. The van der Waals surface area contributed by atoms with Crippen LogP contribution in [0.5, 0.6) is 0 Å². The zero-order valence-corrected chi connectivity index (χ0v) is 13.7. The Hall–Kier alpha value is -1.95. The fraction of sp³-hybridized carbons (Fsp3) is 0.500. The summed E-state index contributed by atoms with van der Waals surface area (Å²) in [5.41, 5.74) is 1.26. The normalized spacial score (nSPS) is 18.1. The Labute approximate surface area is 140 Å². The van der Waals surface area contributed by atoms with Gasteiger partial charge < -0.3 is 4.90 Å². The molecule has 23 heavy (non-hydrogen) atoms. The second-order valence-corrected chi connectivity index (χ2v) is 6.34. The average Bonchev–Trinajstić information content (AvgIpc) is 3.09. The zero-order valence-electron chi connectivity index (χ0n) is 12.9. The molecule has 1 aliphatic rings. The molecule has 0 radical (unpaired) electrons. The Kier molecular flexibility index (Phi) is 5.23. The van der Waals surface area contributed by atoms with E-state index in [9.17, 15) is 4.79 Å². The highest BCUT2D eigenvalue weighted by Gasteiger charge is 2.24. The highest BCUT2D eigenvalue weighted by atomic mass is 35.5. The molecule has 0 spiro atoms. The predicted octanol–water partition coefficient (Wildman–Crippen LogP) is 2.51. The number of likely N-dealkylation sites (tertiary alicyclic amines) is 1. The lowest BCUT2D eigenvalue weighted by Crippen LogP contribution is -2.39. The number of amides is 1. The predicted molar refractivity (Wildman–Crippen MR) is 87.1 cm³/mol. The van der Waals surface area contributed by atoms with Gasteiger partial charge in [-0.3, -0.25) is 4.79 Å². The topological polar surface area (TPSA) is 63.9 Å². The standard InChI is InChI=1S/C16H20ClN5O/c17-15-7-5-13(6-8-15)14-3-1-9-21(11-14)16(23)4-2-10-22-12-18-19-20-22/h5-8,12,14H,1-4,9-11H2/t14-/m0/s1. The van der Waals surface area contributed by atoms with E-state index < -0.39 is 0 Å². The molecule has 3 rings (SSSR count). The van der Waals surface area contributed by atoms with Gasteiger partial charge in [0.15, 0.2) is 0 Å². The van der Waals surface area contributed by atoms with E-state index in [1.54, 1.807) is 11.0 Å². The smallest absolute Gasteiger partial charge is 0.222 e. The maximum atomic E-state index is 12.4. The summed E-state index contributed by atoms with van der Waals surface area (Å²) >= 11 is 5.95. The molecule has 1 saturated heterocycles. The van der Waals surface area contributed by atoms with Crippen molar-refractivity contribution in [3.8, 4) is 0 Å². The lowest BCUT2D eigenvalue weighted by atomic mass is 9.90. The molecule has 1 aromatic heterocycles. The van der Waals surface area contributed by atoms with E-state index in [0.29, 0.717) is 18.9 Å². The van der Waals surface area contributed by atoms with Gasteiger partial charge in [0, 0.05) is 37.0 Å². The lowest BCUT2D eigenvalue weighted by molar-refractivity contribution is -0.132. The summed E-state index contributed by atoms with van der Waals surface area (Å²) in [7, 11) is 0. The maximum absolute atomic E-state index is 12.4. The van der Waals surface area contributed by atoms with Gasteiger partial charge in [-0.15, -0.1) is 5.10 Å². The fourth-order valence-electron chi connectivity index (χ4n) is 3.04. The van der Waals surface area contributed by atoms with Crippen LogP contribution in [-0.4, -0.2) is 44.1 Å². The van der Waals surface area contributed by atoms with E-state index in [1.165, 1.54) is 5.56 Å². The quantitative estimate of drug-likeness (QED) is 0.843. The first-order chi connectivity index (χ1) is 11.2. The van der Waals surface area contributed by atoms with Gasteiger partial charge in [0.2, 0.25) is 5.91 Å². The molecule has 2 heterocycles. The Morgan fingerprint density at radius 2 is 2.13 bits per heavy atom. The molecule has 1 amide bonds. The number of hydrogen-bond acceptors (Lipinski definition) is 4. The van der Waals surface area contributed by atoms with Crippen molar-refractivity contribution < 1.29 is 4.79 Å². The number of halogens is 1. The minimum atomic E-state index is 0.219. The molecule has 1 aliphatic heterocycles. The molecule has 0 bridgehead atoms. The Morgan fingerprint density at radius 1 is 1.30 bits per heavy atom. The number of aryl methyl sites for hydroxylation is 1. The molecule has 0 aliphatic carbocycles. The van der Waals surface area contributed by atoms with Crippen LogP contribution in [0.25, 0.3) is 0 Å². The summed E-state index contributed by atoms with van der Waals surface area (Å²) in [4.78, 5) is 14.4. The first-order valence-electron chi connectivity index (χ1n) is 7.96. The van der Waals surface area contributed by atoms with Gasteiger partial charge in [0.1, 0.15) is 6.33 Å². The van der Waals surface area contributed by atoms with Crippen molar-refractivity contribution in [1.29, 1.82) is 0 Å². The highest BCUT2D eigenvalue weighted by Crippen LogP contribution is 2.28. The number of hydrogen-bond donors (Lipinski definition) is 0. The van der Waals surface area contributed by atoms with Crippen LogP contribution in [0.1, 0.15) is 37.2 Å². The second kappa shape index (κ2) is 7.55. The minimum absolute atomic E-state index is 0.219. The highest BCUT2D eigenvalue weighted by molar-refractivity contribution is 6.30. The number of benzene rings is 1. The Balaban J connectivity index is 1.51. The number of carbonyl (C=O) groups excluding carboxylic acids is 1. The van der Waals surface area contributed by atoms with Crippen molar-refractivity contribution in [3.63, 3.8) is 0 Å². The van der Waals surface area contributed by atoms with Crippen LogP contribution in [-0.2, 0) is 11.3 Å².